The highest BCUT2D eigenvalue weighted by Gasteiger charge is 2.09. The quantitative estimate of drug-likeness (QED) is 0.719. The van der Waals surface area contributed by atoms with Crippen LogP contribution in [-0.4, -0.2) is 23.0 Å². The SMILES string of the molecule is Cc1cc(C(=O)O)ccc1NC(C)CC(N)=O. The highest BCUT2D eigenvalue weighted by atomic mass is 16.4. The molecule has 1 atom stereocenters. The maximum Gasteiger partial charge on any atom is 0.335 e. The predicted octanol–water partition coefficient (Wildman–Crippen LogP) is 1.37. The van der Waals surface area contributed by atoms with E-state index in [1.54, 1.807) is 12.1 Å². The topological polar surface area (TPSA) is 92.4 Å². The van der Waals surface area contributed by atoms with E-state index in [1.165, 1.54) is 6.07 Å². The van der Waals surface area contributed by atoms with Crippen molar-refractivity contribution in [3.63, 3.8) is 0 Å². The lowest BCUT2D eigenvalue weighted by Gasteiger charge is -2.15. The van der Waals surface area contributed by atoms with Gasteiger partial charge in [0, 0.05) is 18.2 Å². The molecular weight excluding hydrogens is 220 g/mol. The molecule has 0 aliphatic rings. The van der Waals surface area contributed by atoms with Crippen LogP contribution >= 0.6 is 0 Å². The first kappa shape index (κ1) is 13.0. The molecule has 1 rings (SSSR count). The van der Waals surface area contributed by atoms with Crippen LogP contribution in [0.25, 0.3) is 0 Å². The number of hydrogen-bond acceptors (Lipinski definition) is 3. The van der Waals surface area contributed by atoms with Crippen LogP contribution in [0.3, 0.4) is 0 Å². The van der Waals surface area contributed by atoms with Crippen LogP contribution in [0, 0.1) is 6.92 Å². The van der Waals surface area contributed by atoms with Gasteiger partial charge in [0.25, 0.3) is 0 Å². The molecule has 0 saturated heterocycles. The predicted molar refractivity (Wildman–Crippen MR) is 65.0 cm³/mol. The first-order valence-electron chi connectivity index (χ1n) is 5.29. The number of carboxylic acid groups (broad SMARTS) is 1. The van der Waals surface area contributed by atoms with E-state index in [1.807, 2.05) is 13.8 Å². The monoisotopic (exact) mass is 236 g/mol. The fourth-order valence-electron chi connectivity index (χ4n) is 1.58. The first-order valence-corrected chi connectivity index (χ1v) is 5.29. The maximum atomic E-state index is 10.8. The number of benzene rings is 1. The van der Waals surface area contributed by atoms with E-state index in [0.717, 1.165) is 11.3 Å². The van der Waals surface area contributed by atoms with Crippen molar-refractivity contribution in [2.24, 2.45) is 5.73 Å². The minimum Gasteiger partial charge on any atom is -0.478 e. The van der Waals surface area contributed by atoms with Crippen molar-refractivity contribution in [2.45, 2.75) is 26.3 Å². The van der Waals surface area contributed by atoms with E-state index in [2.05, 4.69) is 5.32 Å². The number of anilines is 1. The number of carbonyl (C=O) groups is 2. The molecule has 1 unspecified atom stereocenters. The van der Waals surface area contributed by atoms with Gasteiger partial charge in [0.15, 0.2) is 0 Å². The molecule has 0 spiro atoms. The van der Waals surface area contributed by atoms with Gasteiger partial charge in [0.05, 0.1) is 5.56 Å². The van der Waals surface area contributed by atoms with Crippen LogP contribution in [0.4, 0.5) is 5.69 Å². The zero-order chi connectivity index (χ0) is 13.0. The molecular formula is C12H16N2O3. The number of nitrogens with two attached hydrogens (primary N) is 1. The van der Waals surface area contributed by atoms with Gasteiger partial charge in [-0.2, -0.15) is 0 Å². The molecule has 0 bridgehead atoms. The summed E-state index contributed by atoms with van der Waals surface area (Å²) < 4.78 is 0. The van der Waals surface area contributed by atoms with Crippen molar-refractivity contribution in [1.29, 1.82) is 0 Å². The van der Waals surface area contributed by atoms with E-state index >= 15 is 0 Å². The minimum absolute atomic E-state index is 0.0816. The Kier molecular flexibility index (Phi) is 4.09. The molecule has 0 aliphatic carbocycles. The van der Waals surface area contributed by atoms with Crippen molar-refractivity contribution in [2.75, 3.05) is 5.32 Å². The maximum absolute atomic E-state index is 10.8. The summed E-state index contributed by atoms with van der Waals surface area (Å²) in [6.07, 6.45) is 0.236. The van der Waals surface area contributed by atoms with Gasteiger partial charge in [-0.3, -0.25) is 4.79 Å². The number of aromatic carboxylic acids is 1. The highest BCUT2D eigenvalue weighted by Crippen LogP contribution is 2.18. The Morgan fingerprint density at radius 1 is 1.47 bits per heavy atom. The second-order valence-corrected chi connectivity index (χ2v) is 4.05. The highest BCUT2D eigenvalue weighted by molar-refractivity contribution is 5.88. The van der Waals surface area contributed by atoms with Crippen LogP contribution in [-0.2, 0) is 4.79 Å². The van der Waals surface area contributed by atoms with Crippen molar-refractivity contribution in [3.8, 4) is 0 Å². The van der Waals surface area contributed by atoms with E-state index < -0.39 is 5.97 Å². The number of carboxylic acids is 1. The molecule has 0 saturated carbocycles. The average Bonchev–Trinajstić information content (AvgIpc) is 2.19. The normalized spacial score (nSPS) is 11.9. The van der Waals surface area contributed by atoms with Crippen LogP contribution in [0.2, 0.25) is 0 Å². The average molecular weight is 236 g/mol. The van der Waals surface area contributed by atoms with E-state index in [4.69, 9.17) is 10.8 Å². The standard InChI is InChI=1S/C12H16N2O3/c1-7-5-9(12(16)17)3-4-10(7)14-8(2)6-11(13)15/h3-5,8,14H,6H2,1-2H3,(H2,13,15)(H,16,17). The van der Waals surface area contributed by atoms with Gasteiger partial charge in [0.1, 0.15) is 0 Å². The number of amides is 1. The Morgan fingerprint density at radius 3 is 2.59 bits per heavy atom. The van der Waals surface area contributed by atoms with Crippen molar-refractivity contribution in [1.82, 2.24) is 0 Å². The van der Waals surface area contributed by atoms with Crippen LogP contribution in [0.5, 0.6) is 0 Å². The minimum atomic E-state index is -0.954. The van der Waals surface area contributed by atoms with E-state index in [9.17, 15) is 9.59 Å². The fraction of sp³-hybridized carbons (Fsp3) is 0.333. The first-order chi connectivity index (χ1) is 7.90. The van der Waals surface area contributed by atoms with Gasteiger partial charge in [-0.1, -0.05) is 0 Å². The van der Waals surface area contributed by atoms with E-state index in [0.29, 0.717) is 0 Å². The molecule has 1 aromatic rings. The summed E-state index contributed by atoms with van der Waals surface area (Å²) in [6.45, 7) is 3.65. The van der Waals surface area contributed by atoms with Crippen molar-refractivity contribution in [3.05, 3.63) is 29.3 Å². The molecule has 1 aromatic carbocycles. The molecule has 0 aromatic heterocycles. The Bertz CT molecular complexity index is 443. The van der Waals surface area contributed by atoms with Gasteiger partial charge in [-0.05, 0) is 37.6 Å². The number of aryl methyl sites for hydroxylation is 1. The number of carbonyl (C=O) groups excluding carboxylic acids is 1. The Balaban J connectivity index is 2.79. The number of primary amides is 1. The number of rotatable bonds is 5. The molecule has 0 radical (unpaired) electrons. The molecule has 5 nitrogen and oxygen atoms in total. The third-order valence-electron chi connectivity index (χ3n) is 2.38. The van der Waals surface area contributed by atoms with Crippen LogP contribution < -0.4 is 11.1 Å². The summed E-state index contributed by atoms with van der Waals surface area (Å²) in [7, 11) is 0. The Labute approximate surface area is 99.6 Å². The molecule has 5 heteroatoms. The lowest BCUT2D eigenvalue weighted by Crippen LogP contribution is -2.24. The summed E-state index contributed by atoms with van der Waals surface area (Å²) >= 11 is 0. The molecule has 0 heterocycles. The summed E-state index contributed by atoms with van der Waals surface area (Å²) in [4.78, 5) is 21.5. The molecule has 17 heavy (non-hydrogen) atoms. The Morgan fingerprint density at radius 2 is 2.12 bits per heavy atom. The Hall–Kier alpha value is -2.04. The lowest BCUT2D eigenvalue weighted by atomic mass is 10.1. The molecule has 1 amide bonds. The molecule has 0 aliphatic heterocycles. The second-order valence-electron chi connectivity index (χ2n) is 4.05. The summed E-state index contributed by atoms with van der Waals surface area (Å²) in [5.74, 6) is -1.32. The molecule has 92 valence electrons. The zero-order valence-electron chi connectivity index (χ0n) is 9.86. The van der Waals surface area contributed by atoms with Crippen LogP contribution in [0.1, 0.15) is 29.3 Å². The van der Waals surface area contributed by atoms with E-state index in [-0.39, 0.29) is 23.9 Å². The second kappa shape index (κ2) is 5.34. The summed E-state index contributed by atoms with van der Waals surface area (Å²) in [5, 5.41) is 11.9. The number of nitrogens with one attached hydrogen (secondary N) is 1. The molecule has 0 fully saturated rings. The number of hydrogen-bond donors (Lipinski definition) is 3. The lowest BCUT2D eigenvalue weighted by molar-refractivity contribution is -0.118. The third kappa shape index (κ3) is 3.79. The fourth-order valence-corrected chi connectivity index (χ4v) is 1.58. The summed E-state index contributed by atoms with van der Waals surface area (Å²) in [6, 6.07) is 4.72. The van der Waals surface area contributed by atoms with Gasteiger partial charge >= 0.3 is 5.97 Å². The smallest absolute Gasteiger partial charge is 0.335 e. The van der Waals surface area contributed by atoms with Gasteiger partial charge in [-0.15, -0.1) is 0 Å². The molecule has 4 N–H and O–H groups in total. The van der Waals surface area contributed by atoms with Gasteiger partial charge < -0.3 is 16.2 Å². The van der Waals surface area contributed by atoms with Gasteiger partial charge in [-0.25, -0.2) is 4.79 Å². The largest absolute Gasteiger partial charge is 0.478 e. The van der Waals surface area contributed by atoms with Crippen molar-refractivity contribution < 1.29 is 14.7 Å². The van der Waals surface area contributed by atoms with Gasteiger partial charge in [0.2, 0.25) is 5.91 Å². The summed E-state index contributed by atoms with van der Waals surface area (Å²) in [5.41, 5.74) is 6.97. The zero-order valence-corrected chi connectivity index (χ0v) is 9.86. The van der Waals surface area contributed by atoms with Crippen LogP contribution in [0.15, 0.2) is 18.2 Å². The third-order valence-corrected chi connectivity index (χ3v) is 2.38. The van der Waals surface area contributed by atoms with Crippen molar-refractivity contribution >= 4 is 17.6 Å².